The van der Waals surface area contributed by atoms with E-state index >= 15 is 0 Å². The zero-order valence-corrected chi connectivity index (χ0v) is 15.3. The van der Waals surface area contributed by atoms with E-state index in [9.17, 15) is 13.6 Å². The fourth-order valence-electron chi connectivity index (χ4n) is 2.56. The molecule has 23 heavy (non-hydrogen) atoms. The highest BCUT2D eigenvalue weighted by atomic mass is 79.9. The third-order valence-corrected chi connectivity index (χ3v) is 6.70. The van der Waals surface area contributed by atoms with Crippen LogP contribution in [0.4, 0.5) is 8.78 Å². The third kappa shape index (κ3) is 3.95. The molecule has 7 heteroatoms. The van der Waals surface area contributed by atoms with Gasteiger partial charge < -0.3 is 4.90 Å². The number of hydrogen-bond donors (Lipinski definition) is 0. The largest absolute Gasteiger partial charge is 0.337 e. The topological polar surface area (TPSA) is 20.3 Å². The SMILES string of the molecule is O=C(c1cc(Br)cs1)N1CCSC(c2cc(F)ccc2F)CC1. The van der Waals surface area contributed by atoms with Crippen molar-refractivity contribution in [3.05, 3.63) is 56.2 Å². The number of nitrogens with zero attached hydrogens (tertiary/aromatic N) is 1. The number of thioether (sulfide) groups is 1. The molecule has 1 aromatic heterocycles. The van der Waals surface area contributed by atoms with Gasteiger partial charge in [-0.25, -0.2) is 8.78 Å². The van der Waals surface area contributed by atoms with Crippen LogP contribution in [0.1, 0.15) is 26.9 Å². The monoisotopic (exact) mass is 417 g/mol. The highest BCUT2D eigenvalue weighted by molar-refractivity contribution is 9.10. The normalized spacial score (nSPS) is 18.7. The van der Waals surface area contributed by atoms with Crippen molar-refractivity contribution in [2.45, 2.75) is 11.7 Å². The zero-order chi connectivity index (χ0) is 16.4. The molecule has 2 heterocycles. The van der Waals surface area contributed by atoms with Gasteiger partial charge in [-0.2, -0.15) is 11.8 Å². The molecule has 1 atom stereocenters. The second kappa shape index (κ2) is 7.32. The van der Waals surface area contributed by atoms with Crippen LogP contribution >= 0.6 is 39.0 Å². The molecule has 3 rings (SSSR count). The number of rotatable bonds is 2. The van der Waals surface area contributed by atoms with Crippen LogP contribution in [-0.2, 0) is 0 Å². The Morgan fingerprint density at radius 1 is 1.26 bits per heavy atom. The molecular weight excluding hydrogens is 404 g/mol. The number of amides is 1. The lowest BCUT2D eigenvalue weighted by Crippen LogP contribution is -2.32. The molecule has 1 aliphatic rings. The molecule has 1 aliphatic heterocycles. The van der Waals surface area contributed by atoms with Gasteiger partial charge in [0.05, 0.1) is 4.88 Å². The van der Waals surface area contributed by atoms with Gasteiger partial charge >= 0.3 is 0 Å². The maximum absolute atomic E-state index is 13.9. The molecule has 0 spiro atoms. The van der Waals surface area contributed by atoms with E-state index in [1.165, 1.54) is 23.5 Å². The Bertz CT molecular complexity index is 722. The maximum atomic E-state index is 13.9. The minimum Gasteiger partial charge on any atom is -0.337 e. The van der Waals surface area contributed by atoms with Gasteiger partial charge in [0.1, 0.15) is 11.6 Å². The molecule has 1 saturated heterocycles. The smallest absolute Gasteiger partial charge is 0.263 e. The fraction of sp³-hybridized carbons (Fsp3) is 0.312. The van der Waals surface area contributed by atoms with Crippen LogP contribution in [0.25, 0.3) is 0 Å². The van der Waals surface area contributed by atoms with E-state index in [4.69, 9.17) is 0 Å². The van der Waals surface area contributed by atoms with Crippen LogP contribution in [0.2, 0.25) is 0 Å². The van der Waals surface area contributed by atoms with Crippen molar-refractivity contribution >= 4 is 44.9 Å². The number of thiophene rings is 1. The molecule has 1 unspecified atom stereocenters. The van der Waals surface area contributed by atoms with Crippen LogP contribution < -0.4 is 0 Å². The quantitative estimate of drug-likeness (QED) is 0.676. The first-order chi connectivity index (χ1) is 11.0. The molecule has 0 aliphatic carbocycles. The van der Waals surface area contributed by atoms with Gasteiger partial charge in [0.15, 0.2) is 0 Å². The third-order valence-electron chi connectivity index (χ3n) is 3.71. The molecule has 1 fully saturated rings. The van der Waals surface area contributed by atoms with Gasteiger partial charge in [-0.1, -0.05) is 0 Å². The zero-order valence-electron chi connectivity index (χ0n) is 12.1. The molecule has 1 amide bonds. The predicted octanol–water partition coefficient (Wildman–Crippen LogP) is 5.11. The Hall–Kier alpha value is -0.920. The first-order valence-electron chi connectivity index (χ1n) is 7.14. The number of hydrogen-bond acceptors (Lipinski definition) is 3. The molecule has 122 valence electrons. The van der Waals surface area contributed by atoms with Crippen LogP contribution in [0.3, 0.4) is 0 Å². The number of halogens is 3. The molecule has 2 aromatic rings. The average molecular weight is 418 g/mol. The first kappa shape index (κ1) is 16.9. The summed E-state index contributed by atoms with van der Waals surface area (Å²) in [7, 11) is 0. The van der Waals surface area contributed by atoms with E-state index in [0.29, 0.717) is 35.7 Å². The summed E-state index contributed by atoms with van der Waals surface area (Å²) >= 11 is 6.33. The summed E-state index contributed by atoms with van der Waals surface area (Å²) in [4.78, 5) is 15.0. The van der Waals surface area contributed by atoms with Crippen molar-refractivity contribution < 1.29 is 13.6 Å². The van der Waals surface area contributed by atoms with Crippen LogP contribution in [-0.4, -0.2) is 29.6 Å². The van der Waals surface area contributed by atoms with Gasteiger partial charge in [-0.15, -0.1) is 11.3 Å². The van der Waals surface area contributed by atoms with Crippen LogP contribution in [0.5, 0.6) is 0 Å². The minimum absolute atomic E-state index is 0.00154. The second-order valence-corrected chi connectivity index (χ2v) is 8.37. The van der Waals surface area contributed by atoms with Crippen molar-refractivity contribution in [1.82, 2.24) is 4.90 Å². The fourth-order valence-corrected chi connectivity index (χ4v) is 5.20. The summed E-state index contributed by atoms with van der Waals surface area (Å²) in [6.45, 7) is 1.16. The lowest BCUT2D eigenvalue weighted by atomic mass is 10.1. The van der Waals surface area contributed by atoms with Gasteiger partial charge in [-0.3, -0.25) is 4.79 Å². The van der Waals surface area contributed by atoms with E-state index in [-0.39, 0.29) is 17.0 Å². The first-order valence-corrected chi connectivity index (χ1v) is 9.86. The summed E-state index contributed by atoms with van der Waals surface area (Å²) in [5, 5.41) is 1.75. The summed E-state index contributed by atoms with van der Waals surface area (Å²) < 4.78 is 28.2. The van der Waals surface area contributed by atoms with E-state index in [2.05, 4.69) is 15.9 Å². The van der Waals surface area contributed by atoms with Crippen molar-refractivity contribution in [3.63, 3.8) is 0 Å². The average Bonchev–Trinajstić information content (AvgIpc) is 2.82. The minimum atomic E-state index is -0.428. The van der Waals surface area contributed by atoms with Gasteiger partial charge in [0, 0.05) is 39.5 Å². The summed E-state index contributed by atoms with van der Waals surface area (Å²) in [6, 6.07) is 5.38. The molecule has 1 aromatic carbocycles. The van der Waals surface area contributed by atoms with Crippen LogP contribution in [0, 0.1) is 11.6 Å². The Labute approximate surface area is 150 Å². The van der Waals surface area contributed by atoms with Crippen molar-refractivity contribution in [3.8, 4) is 0 Å². The Balaban J connectivity index is 1.72. The van der Waals surface area contributed by atoms with Gasteiger partial charge in [-0.05, 0) is 46.6 Å². The molecule has 0 bridgehead atoms. The Morgan fingerprint density at radius 2 is 2.09 bits per heavy atom. The van der Waals surface area contributed by atoms with E-state index in [1.54, 1.807) is 16.7 Å². The van der Waals surface area contributed by atoms with Crippen molar-refractivity contribution in [2.24, 2.45) is 0 Å². The Morgan fingerprint density at radius 3 is 2.83 bits per heavy atom. The van der Waals surface area contributed by atoms with Gasteiger partial charge in [0.25, 0.3) is 5.91 Å². The molecule has 2 nitrogen and oxygen atoms in total. The molecule has 0 saturated carbocycles. The van der Waals surface area contributed by atoms with Crippen LogP contribution in [0.15, 0.2) is 34.1 Å². The van der Waals surface area contributed by atoms with E-state index < -0.39 is 5.82 Å². The van der Waals surface area contributed by atoms with E-state index in [1.807, 2.05) is 11.4 Å². The lowest BCUT2D eigenvalue weighted by molar-refractivity contribution is 0.0771. The van der Waals surface area contributed by atoms with Crippen molar-refractivity contribution in [1.29, 1.82) is 0 Å². The Kier molecular flexibility index (Phi) is 5.38. The molecular formula is C16H14BrF2NOS2. The standard InChI is InChI=1S/C16H14BrF2NOS2/c17-10-7-15(23-9-10)16(21)20-4-3-14(22-6-5-20)12-8-11(18)1-2-13(12)19/h1-2,7-9,14H,3-6H2. The predicted molar refractivity (Wildman–Crippen MR) is 94.1 cm³/mol. The van der Waals surface area contributed by atoms with E-state index in [0.717, 1.165) is 10.5 Å². The number of benzene rings is 1. The summed E-state index contributed by atoms with van der Waals surface area (Å²) in [6.07, 6.45) is 0.614. The maximum Gasteiger partial charge on any atom is 0.263 e. The summed E-state index contributed by atoms with van der Waals surface area (Å²) in [5.41, 5.74) is 0.392. The highest BCUT2D eigenvalue weighted by Gasteiger charge is 2.25. The highest BCUT2D eigenvalue weighted by Crippen LogP contribution is 2.36. The molecule has 0 radical (unpaired) electrons. The second-order valence-electron chi connectivity index (χ2n) is 5.24. The van der Waals surface area contributed by atoms with Crippen molar-refractivity contribution in [2.75, 3.05) is 18.8 Å². The van der Waals surface area contributed by atoms with Gasteiger partial charge in [0.2, 0.25) is 0 Å². The number of carbonyl (C=O) groups excluding carboxylic acids is 1. The summed E-state index contributed by atoms with van der Waals surface area (Å²) in [5.74, 6) is -0.103. The number of carbonyl (C=O) groups is 1. The molecule has 0 N–H and O–H groups in total. The lowest BCUT2D eigenvalue weighted by Gasteiger charge is -2.19.